The Morgan fingerprint density at radius 2 is 1.95 bits per heavy atom. The van der Waals surface area contributed by atoms with E-state index in [2.05, 4.69) is 30.7 Å². The average Bonchev–Trinajstić information content (AvgIpc) is 2.81. The topological polar surface area (TPSA) is 62.4 Å². The maximum atomic E-state index is 11.3. The van der Waals surface area contributed by atoms with Gasteiger partial charge in [-0.05, 0) is 43.8 Å². The van der Waals surface area contributed by atoms with Crippen LogP contribution in [0.1, 0.15) is 32.4 Å². The minimum absolute atomic E-state index is 0.252. The summed E-state index contributed by atoms with van der Waals surface area (Å²) in [5.41, 5.74) is 2.12. The first-order valence-electron chi connectivity index (χ1n) is 7.10. The van der Waals surface area contributed by atoms with Crippen molar-refractivity contribution in [3.05, 3.63) is 30.0 Å². The second-order valence-electron chi connectivity index (χ2n) is 5.14. The number of aromatic amines is 1. The van der Waals surface area contributed by atoms with E-state index in [0.29, 0.717) is 5.75 Å². The monoisotopic (exact) mass is 310 g/mol. The molecule has 0 spiro atoms. The Labute approximate surface area is 126 Å². The van der Waals surface area contributed by atoms with E-state index in [1.807, 2.05) is 12.3 Å². The molecule has 0 fully saturated rings. The van der Waals surface area contributed by atoms with Crippen LogP contribution < -0.4 is 4.18 Å². The maximum Gasteiger partial charge on any atom is 0.306 e. The van der Waals surface area contributed by atoms with Crippen molar-refractivity contribution in [2.24, 2.45) is 0 Å². The Bertz CT molecular complexity index is 718. The summed E-state index contributed by atoms with van der Waals surface area (Å²) < 4.78 is 27.5. The molecule has 5 nitrogen and oxygen atoms in total. The fourth-order valence-corrected chi connectivity index (χ4v) is 3.11. The Kier molecular flexibility index (Phi) is 4.58. The molecule has 6 heteroatoms. The van der Waals surface area contributed by atoms with Crippen LogP contribution in [0.3, 0.4) is 0 Å². The van der Waals surface area contributed by atoms with Gasteiger partial charge in [0.2, 0.25) is 0 Å². The van der Waals surface area contributed by atoms with Crippen molar-refractivity contribution in [1.29, 1.82) is 0 Å². The molecule has 0 saturated carbocycles. The predicted molar refractivity (Wildman–Crippen MR) is 85.1 cm³/mol. The van der Waals surface area contributed by atoms with Crippen molar-refractivity contribution in [2.45, 2.75) is 26.8 Å². The van der Waals surface area contributed by atoms with Crippen LogP contribution in [-0.2, 0) is 10.1 Å². The minimum Gasteiger partial charge on any atom is -0.383 e. The van der Waals surface area contributed by atoms with Gasteiger partial charge in [-0.25, -0.2) is 0 Å². The van der Waals surface area contributed by atoms with Gasteiger partial charge in [-0.1, -0.05) is 13.8 Å². The Balaban J connectivity index is 2.43. The van der Waals surface area contributed by atoms with Gasteiger partial charge in [-0.15, -0.1) is 0 Å². The standard InChI is InChI=1S/C15H22N2O3S/c1-5-17(6-2)11(3)14-10-16-15-8-7-12(9-13(14)15)20-21(4,18)19/h7-11,16H,5-6H2,1-4H3. The molecule has 1 aromatic heterocycles. The van der Waals surface area contributed by atoms with E-state index < -0.39 is 10.1 Å². The molecule has 1 N–H and O–H groups in total. The highest BCUT2D eigenvalue weighted by Crippen LogP contribution is 2.30. The Morgan fingerprint density at radius 3 is 2.52 bits per heavy atom. The second-order valence-corrected chi connectivity index (χ2v) is 6.71. The van der Waals surface area contributed by atoms with Gasteiger partial charge in [0.05, 0.1) is 6.26 Å². The van der Waals surface area contributed by atoms with Crippen LogP contribution in [0.5, 0.6) is 5.75 Å². The molecule has 0 aliphatic rings. The zero-order valence-corrected chi connectivity index (χ0v) is 13.7. The zero-order chi connectivity index (χ0) is 15.6. The molecule has 0 amide bonds. The average molecular weight is 310 g/mol. The fourth-order valence-electron chi connectivity index (χ4n) is 2.66. The Hall–Kier alpha value is -1.53. The maximum absolute atomic E-state index is 11.3. The lowest BCUT2D eigenvalue weighted by atomic mass is 10.1. The lowest BCUT2D eigenvalue weighted by Gasteiger charge is -2.26. The number of aromatic nitrogens is 1. The van der Waals surface area contributed by atoms with Crippen LogP contribution in [0.2, 0.25) is 0 Å². The van der Waals surface area contributed by atoms with Gasteiger partial charge in [-0.2, -0.15) is 8.42 Å². The summed E-state index contributed by atoms with van der Waals surface area (Å²) in [5, 5.41) is 0.996. The third-order valence-electron chi connectivity index (χ3n) is 3.74. The number of nitrogens with zero attached hydrogens (tertiary/aromatic N) is 1. The summed E-state index contributed by atoms with van der Waals surface area (Å²) >= 11 is 0. The summed E-state index contributed by atoms with van der Waals surface area (Å²) in [6, 6.07) is 5.53. The van der Waals surface area contributed by atoms with Crippen LogP contribution in [-0.4, -0.2) is 37.6 Å². The molecule has 0 aliphatic heterocycles. The summed E-state index contributed by atoms with van der Waals surface area (Å²) in [7, 11) is -3.51. The number of H-pyrrole nitrogens is 1. The van der Waals surface area contributed by atoms with Gasteiger partial charge in [0, 0.05) is 23.1 Å². The number of nitrogens with one attached hydrogen (secondary N) is 1. The molecule has 2 rings (SSSR count). The van der Waals surface area contributed by atoms with Crippen LogP contribution >= 0.6 is 0 Å². The van der Waals surface area contributed by atoms with E-state index in [9.17, 15) is 8.42 Å². The van der Waals surface area contributed by atoms with Gasteiger partial charge in [0.25, 0.3) is 0 Å². The first-order valence-corrected chi connectivity index (χ1v) is 8.92. The molecule has 2 aromatic rings. The van der Waals surface area contributed by atoms with E-state index in [4.69, 9.17) is 4.18 Å². The third-order valence-corrected chi connectivity index (χ3v) is 4.24. The van der Waals surface area contributed by atoms with E-state index in [0.717, 1.165) is 35.8 Å². The van der Waals surface area contributed by atoms with Crippen LogP contribution in [0.4, 0.5) is 0 Å². The van der Waals surface area contributed by atoms with Crippen LogP contribution in [0.25, 0.3) is 10.9 Å². The highest BCUT2D eigenvalue weighted by Gasteiger charge is 2.17. The number of fused-ring (bicyclic) bond motifs is 1. The van der Waals surface area contributed by atoms with Crippen molar-refractivity contribution >= 4 is 21.0 Å². The molecule has 1 heterocycles. The molecule has 1 aromatic carbocycles. The van der Waals surface area contributed by atoms with Crippen molar-refractivity contribution in [2.75, 3.05) is 19.3 Å². The number of hydrogen-bond acceptors (Lipinski definition) is 4. The van der Waals surface area contributed by atoms with Crippen LogP contribution in [0, 0.1) is 0 Å². The van der Waals surface area contributed by atoms with Crippen molar-refractivity contribution in [3.63, 3.8) is 0 Å². The zero-order valence-electron chi connectivity index (χ0n) is 12.9. The number of rotatable bonds is 6. The number of hydrogen-bond donors (Lipinski definition) is 1. The first kappa shape index (κ1) is 15.9. The largest absolute Gasteiger partial charge is 0.383 e. The first-order chi connectivity index (χ1) is 9.85. The summed E-state index contributed by atoms with van der Waals surface area (Å²) in [4.78, 5) is 5.57. The molecule has 0 bridgehead atoms. The summed E-state index contributed by atoms with van der Waals surface area (Å²) in [5.74, 6) is 0.345. The smallest absolute Gasteiger partial charge is 0.306 e. The lowest BCUT2D eigenvalue weighted by molar-refractivity contribution is 0.235. The van der Waals surface area contributed by atoms with E-state index >= 15 is 0 Å². The minimum atomic E-state index is -3.51. The quantitative estimate of drug-likeness (QED) is 0.833. The van der Waals surface area contributed by atoms with Crippen molar-refractivity contribution in [1.82, 2.24) is 9.88 Å². The third kappa shape index (κ3) is 3.57. The van der Waals surface area contributed by atoms with Crippen LogP contribution in [0.15, 0.2) is 24.4 Å². The summed E-state index contributed by atoms with van der Waals surface area (Å²) in [6.45, 7) is 8.34. The molecule has 0 saturated heterocycles. The summed E-state index contributed by atoms with van der Waals surface area (Å²) in [6.07, 6.45) is 3.03. The highest BCUT2D eigenvalue weighted by molar-refractivity contribution is 7.86. The van der Waals surface area contributed by atoms with Gasteiger partial charge in [0.15, 0.2) is 0 Å². The van der Waals surface area contributed by atoms with E-state index in [1.165, 1.54) is 0 Å². The molecular weight excluding hydrogens is 288 g/mol. The van der Waals surface area contributed by atoms with Crippen molar-refractivity contribution < 1.29 is 12.6 Å². The normalized spacial score (nSPS) is 13.8. The van der Waals surface area contributed by atoms with Gasteiger partial charge >= 0.3 is 10.1 Å². The van der Waals surface area contributed by atoms with Gasteiger partial charge < -0.3 is 9.17 Å². The van der Waals surface area contributed by atoms with E-state index in [-0.39, 0.29) is 6.04 Å². The Morgan fingerprint density at radius 1 is 1.29 bits per heavy atom. The van der Waals surface area contributed by atoms with Crippen molar-refractivity contribution in [3.8, 4) is 5.75 Å². The predicted octanol–water partition coefficient (Wildman–Crippen LogP) is 2.91. The lowest BCUT2D eigenvalue weighted by Crippen LogP contribution is -2.26. The molecule has 116 valence electrons. The SMILES string of the molecule is CCN(CC)C(C)c1c[nH]c2ccc(OS(C)(=O)=O)cc12. The second kappa shape index (κ2) is 6.07. The molecule has 1 unspecified atom stereocenters. The highest BCUT2D eigenvalue weighted by atomic mass is 32.2. The van der Waals surface area contributed by atoms with E-state index in [1.54, 1.807) is 12.1 Å². The fraction of sp³-hybridized carbons (Fsp3) is 0.467. The van der Waals surface area contributed by atoms with Gasteiger partial charge in [0.1, 0.15) is 5.75 Å². The molecule has 0 aliphatic carbocycles. The molecule has 1 atom stereocenters. The van der Waals surface area contributed by atoms with Gasteiger partial charge in [-0.3, -0.25) is 4.90 Å². The number of benzene rings is 1. The molecular formula is C15H22N2O3S. The molecule has 0 radical (unpaired) electrons. The molecule has 21 heavy (non-hydrogen) atoms.